The highest BCUT2D eigenvalue weighted by atomic mass is 15.0. The molecule has 0 bridgehead atoms. The third kappa shape index (κ3) is 2.25. The zero-order valence-electron chi connectivity index (χ0n) is 8.96. The van der Waals surface area contributed by atoms with Crippen molar-refractivity contribution in [3.8, 4) is 0 Å². The normalized spacial score (nSPS) is 17.9. The highest BCUT2D eigenvalue weighted by Crippen LogP contribution is 2.35. The second-order valence-corrected chi connectivity index (χ2v) is 4.21. The number of hydrogen-bond acceptors (Lipinski definition) is 2. The molecule has 0 spiro atoms. The van der Waals surface area contributed by atoms with Crippen LogP contribution < -0.4 is 5.32 Å². The fourth-order valence-corrected chi connectivity index (χ4v) is 1.86. The summed E-state index contributed by atoms with van der Waals surface area (Å²) in [5.74, 6) is 1.92. The molecule has 0 radical (unpaired) electrons. The summed E-state index contributed by atoms with van der Waals surface area (Å²) in [6, 6.07) is 4.78. The van der Waals surface area contributed by atoms with E-state index in [-0.39, 0.29) is 0 Å². The van der Waals surface area contributed by atoms with E-state index in [1.807, 2.05) is 12.3 Å². The Morgan fingerprint density at radius 1 is 1.57 bits per heavy atom. The molecule has 1 aliphatic rings. The summed E-state index contributed by atoms with van der Waals surface area (Å²) in [6.45, 7) is 4.34. The molecule has 1 aromatic heterocycles. The molecule has 1 atom stereocenters. The molecular formula is C12H18N2. The fraction of sp³-hybridized carbons (Fsp3) is 0.583. The second-order valence-electron chi connectivity index (χ2n) is 4.21. The summed E-state index contributed by atoms with van der Waals surface area (Å²) in [5, 5.41) is 3.52. The van der Waals surface area contributed by atoms with Gasteiger partial charge in [0.2, 0.25) is 0 Å². The predicted molar refractivity (Wildman–Crippen MR) is 59.4 cm³/mol. The van der Waals surface area contributed by atoms with Crippen LogP contribution in [0.5, 0.6) is 0 Å². The quantitative estimate of drug-likeness (QED) is 0.789. The van der Waals surface area contributed by atoms with E-state index in [9.17, 15) is 0 Å². The molecule has 0 aliphatic heterocycles. The summed E-state index contributed by atoms with van der Waals surface area (Å²) < 4.78 is 0. The van der Waals surface area contributed by atoms with Gasteiger partial charge in [0, 0.05) is 12.2 Å². The molecule has 76 valence electrons. The lowest BCUT2D eigenvalue weighted by Gasteiger charge is -2.16. The van der Waals surface area contributed by atoms with E-state index in [1.165, 1.54) is 24.8 Å². The molecule has 2 nitrogen and oxygen atoms in total. The fourth-order valence-electron chi connectivity index (χ4n) is 1.86. The first kappa shape index (κ1) is 9.50. The minimum absolute atomic E-state index is 0.629. The van der Waals surface area contributed by atoms with Crippen molar-refractivity contribution in [2.45, 2.75) is 39.2 Å². The zero-order valence-corrected chi connectivity index (χ0v) is 8.96. The first-order valence-electron chi connectivity index (χ1n) is 5.49. The van der Waals surface area contributed by atoms with E-state index in [2.05, 4.69) is 30.2 Å². The molecule has 0 aromatic carbocycles. The van der Waals surface area contributed by atoms with Crippen LogP contribution in [-0.2, 0) is 0 Å². The Kier molecular flexibility index (Phi) is 2.71. The summed E-state index contributed by atoms with van der Waals surface area (Å²) >= 11 is 0. The van der Waals surface area contributed by atoms with Gasteiger partial charge in [-0.1, -0.05) is 6.92 Å². The van der Waals surface area contributed by atoms with Gasteiger partial charge < -0.3 is 5.32 Å². The summed E-state index contributed by atoms with van der Waals surface area (Å²) in [7, 11) is 0. The standard InChI is InChI=1S/C12H18N2/c1-3-11(10-4-5-10)14-12-8-9(2)6-7-13-12/h6-8,10-11H,3-5H2,1-2H3,(H,13,14). The molecular weight excluding hydrogens is 172 g/mol. The molecule has 1 fully saturated rings. The van der Waals surface area contributed by atoms with E-state index < -0.39 is 0 Å². The summed E-state index contributed by atoms with van der Waals surface area (Å²) in [6.07, 6.45) is 5.84. The summed E-state index contributed by atoms with van der Waals surface area (Å²) in [5.41, 5.74) is 1.27. The third-order valence-electron chi connectivity index (χ3n) is 2.88. The van der Waals surface area contributed by atoms with Crippen LogP contribution in [0.4, 0.5) is 5.82 Å². The van der Waals surface area contributed by atoms with E-state index in [1.54, 1.807) is 0 Å². The van der Waals surface area contributed by atoms with Crippen LogP contribution >= 0.6 is 0 Å². The molecule has 2 heteroatoms. The number of nitrogens with one attached hydrogen (secondary N) is 1. The molecule has 0 saturated heterocycles. The number of rotatable bonds is 4. The minimum atomic E-state index is 0.629. The number of anilines is 1. The Morgan fingerprint density at radius 2 is 2.36 bits per heavy atom. The van der Waals surface area contributed by atoms with E-state index >= 15 is 0 Å². The Morgan fingerprint density at radius 3 is 2.93 bits per heavy atom. The average molecular weight is 190 g/mol. The molecule has 14 heavy (non-hydrogen) atoms. The van der Waals surface area contributed by atoms with Crippen LogP contribution in [-0.4, -0.2) is 11.0 Å². The predicted octanol–water partition coefficient (Wildman–Crippen LogP) is 2.99. The maximum absolute atomic E-state index is 4.33. The van der Waals surface area contributed by atoms with Gasteiger partial charge in [0.25, 0.3) is 0 Å². The van der Waals surface area contributed by atoms with Crippen molar-refractivity contribution in [2.75, 3.05) is 5.32 Å². The number of aryl methyl sites for hydroxylation is 1. The first-order chi connectivity index (χ1) is 6.79. The third-order valence-corrected chi connectivity index (χ3v) is 2.88. The van der Waals surface area contributed by atoms with E-state index in [4.69, 9.17) is 0 Å². The van der Waals surface area contributed by atoms with Crippen LogP contribution in [0, 0.1) is 12.8 Å². The Balaban J connectivity index is 2.01. The largest absolute Gasteiger partial charge is 0.367 e. The van der Waals surface area contributed by atoms with Crippen molar-refractivity contribution < 1.29 is 0 Å². The maximum Gasteiger partial charge on any atom is 0.126 e. The maximum atomic E-state index is 4.33. The van der Waals surface area contributed by atoms with Gasteiger partial charge in [-0.25, -0.2) is 4.98 Å². The van der Waals surface area contributed by atoms with Crippen LogP contribution in [0.15, 0.2) is 18.3 Å². The Labute approximate surface area is 85.7 Å². The molecule has 1 aliphatic carbocycles. The van der Waals surface area contributed by atoms with Gasteiger partial charge in [0.15, 0.2) is 0 Å². The lowest BCUT2D eigenvalue weighted by molar-refractivity contribution is 0.614. The van der Waals surface area contributed by atoms with Crippen LogP contribution in [0.2, 0.25) is 0 Å². The van der Waals surface area contributed by atoms with Crippen molar-refractivity contribution >= 4 is 5.82 Å². The molecule has 1 unspecified atom stereocenters. The van der Waals surface area contributed by atoms with Crippen LogP contribution in [0.25, 0.3) is 0 Å². The van der Waals surface area contributed by atoms with Gasteiger partial charge in [-0.3, -0.25) is 0 Å². The van der Waals surface area contributed by atoms with Crippen molar-refractivity contribution in [1.29, 1.82) is 0 Å². The van der Waals surface area contributed by atoms with Crippen LogP contribution in [0.3, 0.4) is 0 Å². The van der Waals surface area contributed by atoms with Crippen molar-refractivity contribution in [3.63, 3.8) is 0 Å². The first-order valence-corrected chi connectivity index (χ1v) is 5.49. The molecule has 1 saturated carbocycles. The van der Waals surface area contributed by atoms with Crippen LogP contribution in [0.1, 0.15) is 31.7 Å². The molecule has 1 heterocycles. The minimum Gasteiger partial charge on any atom is -0.367 e. The molecule has 1 N–H and O–H groups in total. The highest BCUT2D eigenvalue weighted by molar-refractivity contribution is 5.38. The second kappa shape index (κ2) is 3.99. The lowest BCUT2D eigenvalue weighted by atomic mass is 10.1. The number of aromatic nitrogens is 1. The monoisotopic (exact) mass is 190 g/mol. The Bertz CT molecular complexity index is 305. The molecule has 2 rings (SSSR count). The smallest absolute Gasteiger partial charge is 0.126 e. The number of nitrogens with zero attached hydrogens (tertiary/aromatic N) is 1. The number of hydrogen-bond donors (Lipinski definition) is 1. The zero-order chi connectivity index (χ0) is 9.97. The van der Waals surface area contributed by atoms with Crippen molar-refractivity contribution in [2.24, 2.45) is 5.92 Å². The van der Waals surface area contributed by atoms with Crippen molar-refractivity contribution in [1.82, 2.24) is 4.98 Å². The van der Waals surface area contributed by atoms with Gasteiger partial charge in [-0.15, -0.1) is 0 Å². The summed E-state index contributed by atoms with van der Waals surface area (Å²) in [4.78, 5) is 4.33. The molecule has 1 aromatic rings. The van der Waals surface area contributed by atoms with Gasteiger partial charge in [0.1, 0.15) is 5.82 Å². The van der Waals surface area contributed by atoms with Crippen molar-refractivity contribution in [3.05, 3.63) is 23.9 Å². The van der Waals surface area contributed by atoms with Gasteiger partial charge in [-0.2, -0.15) is 0 Å². The highest BCUT2D eigenvalue weighted by Gasteiger charge is 2.29. The van der Waals surface area contributed by atoms with Gasteiger partial charge >= 0.3 is 0 Å². The topological polar surface area (TPSA) is 24.9 Å². The van der Waals surface area contributed by atoms with Gasteiger partial charge in [-0.05, 0) is 49.8 Å². The van der Waals surface area contributed by atoms with E-state index in [0.29, 0.717) is 6.04 Å². The van der Waals surface area contributed by atoms with Gasteiger partial charge in [0.05, 0.1) is 0 Å². The van der Waals surface area contributed by atoms with E-state index in [0.717, 1.165) is 11.7 Å². The average Bonchev–Trinajstić information content (AvgIpc) is 2.97. The Hall–Kier alpha value is -1.05. The molecule has 0 amide bonds. The number of pyridine rings is 1. The lowest BCUT2D eigenvalue weighted by Crippen LogP contribution is -2.21. The SMILES string of the molecule is CCC(Nc1cc(C)ccn1)C1CC1.